The van der Waals surface area contributed by atoms with Crippen LogP contribution in [-0.2, 0) is 11.2 Å². The summed E-state index contributed by atoms with van der Waals surface area (Å²) in [5.41, 5.74) is 4.47. The van der Waals surface area contributed by atoms with E-state index < -0.39 is 0 Å². The largest absolute Gasteiger partial charge is 0.463 e. The fourth-order valence-corrected chi connectivity index (χ4v) is 2.96. The first-order valence-corrected chi connectivity index (χ1v) is 8.30. The Morgan fingerprint density at radius 3 is 3.00 bits per heavy atom. The number of halogens is 1. The molecule has 2 heterocycles. The zero-order valence-electron chi connectivity index (χ0n) is 13.6. The third-order valence-corrected chi connectivity index (χ3v) is 4.37. The van der Waals surface area contributed by atoms with Crippen LogP contribution < -0.4 is 5.32 Å². The van der Waals surface area contributed by atoms with Crippen LogP contribution in [0.25, 0.3) is 6.08 Å². The monoisotopic (exact) mass is 341 g/mol. The number of nitrogens with zero attached hydrogens (tertiary/aromatic N) is 2. The minimum atomic E-state index is 0.00103. The number of nitrogens with one attached hydrogen (secondary N) is 1. The van der Waals surface area contributed by atoms with Crippen LogP contribution in [0.4, 0.5) is 0 Å². The molecule has 24 heavy (non-hydrogen) atoms. The van der Waals surface area contributed by atoms with E-state index in [1.54, 1.807) is 0 Å². The summed E-state index contributed by atoms with van der Waals surface area (Å²) in [5, 5.41) is 4.10. The summed E-state index contributed by atoms with van der Waals surface area (Å²) < 4.78 is 5.52. The van der Waals surface area contributed by atoms with Gasteiger partial charge in [-0.15, -0.1) is 0 Å². The van der Waals surface area contributed by atoms with Crippen LogP contribution >= 0.6 is 11.6 Å². The average molecular weight is 342 g/mol. The van der Waals surface area contributed by atoms with Gasteiger partial charge in [-0.3, -0.25) is 4.98 Å². The first-order chi connectivity index (χ1) is 11.7. The van der Waals surface area contributed by atoms with Crippen molar-refractivity contribution in [2.45, 2.75) is 19.4 Å². The quantitative estimate of drug-likeness (QED) is 0.895. The van der Waals surface area contributed by atoms with E-state index in [-0.39, 0.29) is 6.04 Å². The molecule has 1 unspecified atom stereocenters. The zero-order chi connectivity index (χ0) is 16.9. The van der Waals surface area contributed by atoms with E-state index in [1.165, 1.54) is 5.56 Å². The van der Waals surface area contributed by atoms with E-state index in [1.807, 2.05) is 36.7 Å². The van der Waals surface area contributed by atoms with Gasteiger partial charge in [-0.1, -0.05) is 36.4 Å². The smallest absolute Gasteiger partial charge is 0.285 e. The third kappa shape index (κ3) is 3.77. The van der Waals surface area contributed by atoms with Gasteiger partial charge >= 0.3 is 0 Å². The highest BCUT2D eigenvalue weighted by Gasteiger charge is 2.19. The molecule has 0 aliphatic carbocycles. The number of ether oxygens (including phenoxy) is 1. The standard InChI is InChI=1S/C19H20ClN3O/c1-3-14-11-21-12-16(13(14)2)10-18(23-19-22-7-8-24-19)15-5-4-6-17(20)9-15/h3-6,9,11-12,18H,1,7-8,10H2,2H3,(H,22,23). The average Bonchev–Trinajstić information content (AvgIpc) is 3.09. The Hall–Kier alpha value is -2.33. The molecule has 0 saturated heterocycles. The lowest BCUT2D eigenvalue weighted by molar-refractivity contribution is 0.325. The molecule has 5 heteroatoms. The topological polar surface area (TPSA) is 46.5 Å². The number of benzene rings is 1. The summed E-state index contributed by atoms with van der Waals surface area (Å²) in [5.74, 6) is 0. The molecule has 1 aromatic heterocycles. The predicted molar refractivity (Wildman–Crippen MR) is 98.4 cm³/mol. The zero-order valence-corrected chi connectivity index (χ0v) is 14.4. The van der Waals surface area contributed by atoms with Crippen LogP contribution in [-0.4, -0.2) is 24.2 Å². The SMILES string of the molecule is C=Cc1cncc(CC(NC2=NCCO2)c2cccc(Cl)c2)c1C. The van der Waals surface area contributed by atoms with Crippen molar-refractivity contribution in [1.82, 2.24) is 10.3 Å². The number of aromatic nitrogens is 1. The second-order valence-corrected chi connectivity index (χ2v) is 6.14. The van der Waals surface area contributed by atoms with Crippen LogP contribution in [0.3, 0.4) is 0 Å². The summed E-state index contributed by atoms with van der Waals surface area (Å²) in [7, 11) is 0. The van der Waals surface area contributed by atoms with Crippen molar-refractivity contribution >= 4 is 23.7 Å². The van der Waals surface area contributed by atoms with Crippen LogP contribution in [0.2, 0.25) is 5.02 Å². The highest BCUT2D eigenvalue weighted by atomic mass is 35.5. The highest BCUT2D eigenvalue weighted by molar-refractivity contribution is 6.30. The number of rotatable bonds is 5. The lowest BCUT2D eigenvalue weighted by Gasteiger charge is -2.21. The van der Waals surface area contributed by atoms with Gasteiger partial charge < -0.3 is 10.1 Å². The van der Waals surface area contributed by atoms with E-state index in [0.29, 0.717) is 24.2 Å². The highest BCUT2D eigenvalue weighted by Crippen LogP contribution is 2.24. The molecule has 0 saturated carbocycles. The fourth-order valence-electron chi connectivity index (χ4n) is 2.77. The third-order valence-electron chi connectivity index (χ3n) is 4.14. The molecule has 4 nitrogen and oxygen atoms in total. The molecule has 0 fully saturated rings. The fraction of sp³-hybridized carbons (Fsp3) is 0.263. The number of amidine groups is 1. The van der Waals surface area contributed by atoms with Crippen LogP contribution in [0.5, 0.6) is 0 Å². The molecule has 0 radical (unpaired) electrons. The minimum Gasteiger partial charge on any atom is -0.463 e. The van der Waals surface area contributed by atoms with Crippen molar-refractivity contribution in [3.05, 3.63) is 70.5 Å². The maximum absolute atomic E-state index is 6.17. The number of pyridine rings is 1. The summed E-state index contributed by atoms with van der Waals surface area (Å²) in [6, 6.07) is 8.44. The van der Waals surface area contributed by atoms with E-state index in [9.17, 15) is 0 Å². The molecule has 1 aromatic carbocycles. The van der Waals surface area contributed by atoms with Gasteiger partial charge in [0.05, 0.1) is 12.6 Å². The molecule has 1 aliphatic rings. The summed E-state index contributed by atoms with van der Waals surface area (Å²) in [6.45, 7) is 7.26. The normalized spacial score (nSPS) is 14.7. The van der Waals surface area contributed by atoms with Gasteiger partial charge in [0.2, 0.25) is 0 Å². The second kappa shape index (κ2) is 7.49. The Morgan fingerprint density at radius 1 is 1.42 bits per heavy atom. The van der Waals surface area contributed by atoms with Crippen molar-refractivity contribution in [3.8, 4) is 0 Å². The van der Waals surface area contributed by atoms with E-state index in [2.05, 4.69) is 34.9 Å². The maximum atomic E-state index is 6.17. The minimum absolute atomic E-state index is 0.00103. The Morgan fingerprint density at radius 2 is 2.29 bits per heavy atom. The molecular weight excluding hydrogens is 322 g/mol. The maximum Gasteiger partial charge on any atom is 0.285 e. The van der Waals surface area contributed by atoms with Gasteiger partial charge in [-0.05, 0) is 47.7 Å². The van der Waals surface area contributed by atoms with E-state index >= 15 is 0 Å². The second-order valence-electron chi connectivity index (χ2n) is 5.71. The molecule has 2 aromatic rings. The van der Waals surface area contributed by atoms with Gasteiger partial charge in [0.1, 0.15) is 6.61 Å². The van der Waals surface area contributed by atoms with E-state index in [4.69, 9.17) is 16.3 Å². The van der Waals surface area contributed by atoms with Gasteiger partial charge in [0, 0.05) is 17.4 Å². The predicted octanol–water partition coefficient (Wildman–Crippen LogP) is 3.95. The molecule has 124 valence electrons. The lowest BCUT2D eigenvalue weighted by atomic mass is 9.95. The summed E-state index contributed by atoms with van der Waals surface area (Å²) in [4.78, 5) is 8.67. The molecule has 3 rings (SSSR count). The molecule has 1 aliphatic heterocycles. The summed E-state index contributed by atoms with van der Waals surface area (Å²) in [6.07, 6.45) is 6.32. The Labute approximate surface area is 147 Å². The lowest BCUT2D eigenvalue weighted by Crippen LogP contribution is -2.30. The number of hydrogen-bond donors (Lipinski definition) is 1. The molecule has 0 bridgehead atoms. The first kappa shape index (κ1) is 16.5. The van der Waals surface area contributed by atoms with E-state index in [0.717, 1.165) is 23.1 Å². The number of aliphatic imine (C=N–C) groups is 1. The molecule has 0 amide bonds. The summed E-state index contributed by atoms with van der Waals surface area (Å²) >= 11 is 6.17. The Balaban J connectivity index is 1.91. The Kier molecular flexibility index (Phi) is 5.16. The first-order valence-electron chi connectivity index (χ1n) is 7.92. The van der Waals surface area contributed by atoms with Crippen molar-refractivity contribution in [2.24, 2.45) is 4.99 Å². The van der Waals surface area contributed by atoms with Crippen molar-refractivity contribution in [1.29, 1.82) is 0 Å². The molecule has 0 spiro atoms. The Bertz CT molecular complexity index is 773. The van der Waals surface area contributed by atoms with Crippen LogP contribution in [0, 0.1) is 6.92 Å². The van der Waals surface area contributed by atoms with Gasteiger partial charge in [-0.2, -0.15) is 0 Å². The van der Waals surface area contributed by atoms with Crippen molar-refractivity contribution in [3.63, 3.8) is 0 Å². The molecular formula is C19H20ClN3O. The van der Waals surface area contributed by atoms with Gasteiger partial charge in [-0.25, -0.2) is 4.99 Å². The molecule has 1 atom stereocenters. The van der Waals surface area contributed by atoms with Crippen LogP contribution in [0.1, 0.15) is 28.3 Å². The molecule has 1 N–H and O–H groups in total. The van der Waals surface area contributed by atoms with Crippen molar-refractivity contribution in [2.75, 3.05) is 13.2 Å². The number of hydrogen-bond acceptors (Lipinski definition) is 4. The van der Waals surface area contributed by atoms with Gasteiger partial charge in [0.15, 0.2) is 0 Å². The van der Waals surface area contributed by atoms with Gasteiger partial charge in [0.25, 0.3) is 6.02 Å². The van der Waals surface area contributed by atoms with Crippen LogP contribution in [0.15, 0.2) is 48.2 Å². The van der Waals surface area contributed by atoms with Crippen molar-refractivity contribution < 1.29 is 4.74 Å².